The molecule has 0 radical (unpaired) electrons. The number of fused-ring (bicyclic) bond motifs is 1. The Labute approximate surface area is 152 Å². The average molecular weight is 354 g/mol. The zero-order valence-corrected chi connectivity index (χ0v) is 14.8. The Hall–Kier alpha value is -2.74. The molecule has 2 aliphatic rings. The highest BCUT2D eigenvalue weighted by atomic mass is 16.6. The van der Waals surface area contributed by atoms with Crippen LogP contribution >= 0.6 is 0 Å². The highest BCUT2D eigenvalue weighted by molar-refractivity contribution is 5.77. The molecule has 3 heterocycles. The summed E-state index contributed by atoms with van der Waals surface area (Å²) >= 11 is 0. The summed E-state index contributed by atoms with van der Waals surface area (Å²) in [6, 6.07) is 8.06. The number of piperazine rings is 1. The minimum atomic E-state index is -0.333. The van der Waals surface area contributed by atoms with E-state index >= 15 is 0 Å². The molecule has 0 bridgehead atoms. The molecule has 0 saturated carbocycles. The van der Waals surface area contributed by atoms with Crippen molar-refractivity contribution in [3.05, 3.63) is 46.3 Å². The number of nitrogens with zero attached hydrogens (tertiary/aromatic N) is 6. The van der Waals surface area contributed by atoms with Gasteiger partial charge in [0.1, 0.15) is 6.33 Å². The normalized spacial score (nSPS) is 17.9. The molecule has 0 amide bonds. The predicted octanol–water partition coefficient (Wildman–Crippen LogP) is 2.22. The minimum absolute atomic E-state index is 0.00811. The summed E-state index contributed by atoms with van der Waals surface area (Å²) in [6.07, 6.45) is 3.38. The highest BCUT2D eigenvalue weighted by Crippen LogP contribution is 2.40. The van der Waals surface area contributed by atoms with Crippen LogP contribution in [0.3, 0.4) is 0 Å². The van der Waals surface area contributed by atoms with Gasteiger partial charge in [-0.15, -0.1) is 0 Å². The molecule has 136 valence electrons. The average Bonchev–Trinajstić information content (AvgIpc) is 2.67. The predicted molar refractivity (Wildman–Crippen MR) is 100 cm³/mol. The second-order valence-electron chi connectivity index (χ2n) is 6.80. The first kappa shape index (κ1) is 16.7. The SMILES string of the molecule is CN1CCN(c2ncnc(N3CCCc4ccccc43)c2[N+](=O)[O-])CC1. The zero-order valence-electron chi connectivity index (χ0n) is 14.8. The summed E-state index contributed by atoms with van der Waals surface area (Å²) < 4.78 is 0. The Balaban J connectivity index is 1.78. The van der Waals surface area contributed by atoms with Crippen LogP contribution in [0.1, 0.15) is 12.0 Å². The van der Waals surface area contributed by atoms with Crippen LogP contribution in [-0.2, 0) is 6.42 Å². The van der Waals surface area contributed by atoms with Gasteiger partial charge in [-0.05, 0) is 31.5 Å². The fourth-order valence-corrected chi connectivity index (χ4v) is 3.72. The van der Waals surface area contributed by atoms with Gasteiger partial charge in [-0.2, -0.15) is 0 Å². The van der Waals surface area contributed by atoms with E-state index in [4.69, 9.17) is 0 Å². The number of anilines is 3. The van der Waals surface area contributed by atoms with Crippen molar-refractivity contribution in [2.24, 2.45) is 0 Å². The molecular formula is C18H22N6O2. The lowest BCUT2D eigenvalue weighted by molar-refractivity contribution is -0.383. The summed E-state index contributed by atoms with van der Waals surface area (Å²) in [5, 5.41) is 12.0. The van der Waals surface area contributed by atoms with Crippen molar-refractivity contribution in [2.75, 3.05) is 49.6 Å². The van der Waals surface area contributed by atoms with Crippen LogP contribution in [0.25, 0.3) is 0 Å². The molecule has 1 fully saturated rings. The Morgan fingerprint density at radius 2 is 1.77 bits per heavy atom. The standard InChI is InChI=1S/C18H22N6O2/c1-21-9-11-22(12-10-21)17-16(24(25)26)18(20-13-19-17)23-8-4-6-14-5-2-3-7-15(14)23/h2-3,5,7,13H,4,6,8-12H2,1H3. The van der Waals surface area contributed by atoms with E-state index in [1.165, 1.54) is 11.9 Å². The number of hydrogen-bond acceptors (Lipinski definition) is 7. The maximum absolute atomic E-state index is 12.0. The van der Waals surface area contributed by atoms with Crippen molar-refractivity contribution in [3.8, 4) is 0 Å². The molecule has 8 heteroatoms. The van der Waals surface area contributed by atoms with Gasteiger partial charge in [0.25, 0.3) is 0 Å². The van der Waals surface area contributed by atoms with E-state index in [1.807, 2.05) is 28.0 Å². The number of likely N-dealkylation sites (N-methyl/N-ethyl adjacent to an activating group) is 1. The van der Waals surface area contributed by atoms with Crippen molar-refractivity contribution in [2.45, 2.75) is 12.8 Å². The molecule has 0 N–H and O–H groups in total. The van der Waals surface area contributed by atoms with E-state index in [0.29, 0.717) is 11.6 Å². The number of hydrogen-bond donors (Lipinski definition) is 0. The molecular weight excluding hydrogens is 332 g/mol. The second kappa shape index (κ2) is 6.87. The second-order valence-corrected chi connectivity index (χ2v) is 6.80. The first-order chi connectivity index (χ1) is 12.6. The molecule has 0 spiro atoms. The highest BCUT2D eigenvalue weighted by Gasteiger charge is 2.33. The van der Waals surface area contributed by atoms with Crippen molar-refractivity contribution in [1.82, 2.24) is 14.9 Å². The van der Waals surface area contributed by atoms with Crippen LogP contribution in [0.5, 0.6) is 0 Å². The van der Waals surface area contributed by atoms with Gasteiger partial charge in [0.15, 0.2) is 0 Å². The van der Waals surface area contributed by atoms with Gasteiger partial charge in [0.2, 0.25) is 11.6 Å². The molecule has 2 aliphatic heterocycles. The van der Waals surface area contributed by atoms with E-state index in [0.717, 1.165) is 51.3 Å². The Bertz CT molecular complexity index is 819. The molecule has 1 aromatic heterocycles. The van der Waals surface area contributed by atoms with Gasteiger partial charge >= 0.3 is 5.69 Å². The lowest BCUT2D eigenvalue weighted by atomic mass is 10.0. The van der Waals surface area contributed by atoms with Crippen LogP contribution < -0.4 is 9.80 Å². The number of para-hydroxylation sites is 1. The van der Waals surface area contributed by atoms with Gasteiger partial charge in [-0.25, -0.2) is 9.97 Å². The summed E-state index contributed by atoms with van der Waals surface area (Å²) in [4.78, 5) is 26.4. The molecule has 26 heavy (non-hydrogen) atoms. The third kappa shape index (κ3) is 2.96. The van der Waals surface area contributed by atoms with Crippen molar-refractivity contribution >= 4 is 23.0 Å². The number of aryl methyl sites for hydroxylation is 1. The Morgan fingerprint density at radius 3 is 2.54 bits per heavy atom. The molecule has 0 atom stereocenters. The van der Waals surface area contributed by atoms with Crippen molar-refractivity contribution < 1.29 is 4.92 Å². The Kier molecular flexibility index (Phi) is 4.42. The molecule has 0 unspecified atom stereocenters. The van der Waals surface area contributed by atoms with E-state index in [-0.39, 0.29) is 10.6 Å². The van der Waals surface area contributed by atoms with Crippen LogP contribution in [0, 0.1) is 10.1 Å². The van der Waals surface area contributed by atoms with E-state index in [1.54, 1.807) is 0 Å². The van der Waals surface area contributed by atoms with Crippen molar-refractivity contribution in [1.29, 1.82) is 0 Å². The smallest absolute Gasteiger partial charge is 0.348 e. The quantitative estimate of drug-likeness (QED) is 0.618. The zero-order chi connectivity index (χ0) is 18.1. The molecule has 4 rings (SSSR count). The van der Waals surface area contributed by atoms with Gasteiger partial charge in [0.05, 0.1) is 4.92 Å². The molecule has 0 aliphatic carbocycles. The maximum atomic E-state index is 12.0. The molecule has 2 aromatic rings. The summed E-state index contributed by atoms with van der Waals surface area (Å²) in [5.41, 5.74) is 2.21. The van der Waals surface area contributed by atoms with Crippen LogP contribution in [0.15, 0.2) is 30.6 Å². The third-order valence-electron chi connectivity index (χ3n) is 5.13. The van der Waals surface area contributed by atoms with Crippen LogP contribution in [-0.4, -0.2) is 59.6 Å². The minimum Gasteiger partial charge on any atom is -0.348 e. The first-order valence-electron chi connectivity index (χ1n) is 8.93. The van der Waals surface area contributed by atoms with E-state index in [2.05, 4.69) is 28.0 Å². The van der Waals surface area contributed by atoms with Gasteiger partial charge in [-0.1, -0.05) is 18.2 Å². The van der Waals surface area contributed by atoms with E-state index < -0.39 is 0 Å². The fourth-order valence-electron chi connectivity index (χ4n) is 3.72. The monoisotopic (exact) mass is 354 g/mol. The van der Waals surface area contributed by atoms with Crippen LogP contribution in [0.2, 0.25) is 0 Å². The van der Waals surface area contributed by atoms with Gasteiger partial charge in [0, 0.05) is 38.4 Å². The largest absolute Gasteiger partial charge is 0.353 e. The third-order valence-corrected chi connectivity index (χ3v) is 5.13. The molecule has 1 aromatic carbocycles. The number of benzene rings is 1. The topological polar surface area (TPSA) is 78.6 Å². The first-order valence-corrected chi connectivity index (χ1v) is 8.93. The number of aromatic nitrogens is 2. The lowest BCUT2D eigenvalue weighted by Crippen LogP contribution is -2.45. The van der Waals surface area contributed by atoms with E-state index in [9.17, 15) is 10.1 Å². The molecule has 8 nitrogen and oxygen atoms in total. The van der Waals surface area contributed by atoms with Crippen LogP contribution in [0.4, 0.5) is 23.0 Å². The van der Waals surface area contributed by atoms with Crippen molar-refractivity contribution in [3.63, 3.8) is 0 Å². The van der Waals surface area contributed by atoms with Gasteiger partial charge < -0.3 is 14.7 Å². The lowest BCUT2D eigenvalue weighted by Gasteiger charge is -2.34. The summed E-state index contributed by atoms with van der Waals surface area (Å²) in [7, 11) is 2.06. The maximum Gasteiger partial charge on any atom is 0.353 e. The fraction of sp³-hybridized carbons (Fsp3) is 0.444. The number of rotatable bonds is 3. The summed E-state index contributed by atoms with van der Waals surface area (Å²) in [6.45, 7) is 3.90. The molecule has 1 saturated heterocycles. The van der Waals surface area contributed by atoms with Gasteiger partial charge in [-0.3, -0.25) is 10.1 Å². The Morgan fingerprint density at radius 1 is 1.04 bits per heavy atom. The summed E-state index contributed by atoms with van der Waals surface area (Å²) in [5.74, 6) is 0.822. The number of nitro groups is 1.